The second-order valence-electron chi connectivity index (χ2n) is 2.12. The third-order valence-corrected chi connectivity index (χ3v) is 1.13. The van der Waals surface area contributed by atoms with Crippen LogP contribution in [0, 0.1) is 0 Å². The minimum Gasteiger partial charge on any atom is -0.395 e. The van der Waals surface area contributed by atoms with Gasteiger partial charge in [0.25, 0.3) is 0 Å². The molecule has 62 valence electrons. The van der Waals surface area contributed by atoms with Gasteiger partial charge in [-0.25, -0.2) is 5.01 Å². The van der Waals surface area contributed by atoms with Gasteiger partial charge in [-0.2, -0.15) is 0 Å². The molecule has 0 rings (SSSR count). The summed E-state index contributed by atoms with van der Waals surface area (Å²) in [7, 11) is 0. The van der Waals surface area contributed by atoms with Crippen LogP contribution in [0.5, 0.6) is 0 Å². The quantitative estimate of drug-likeness (QED) is 0.208. The Labute approximate surface area is 59.7 Å². The Morgan fingerprint density at radius 2 is 2.00 bits per heavy atom. The minimum absolute atomic E-state index is 0.139. The van der Waals surface area contributed by atoms with Crippen molar-refractivity contribution in [2.45, 2.75) is 19.3 Å². The number of nitrogens with zero attached hydrogens (tertiary/aromatic N) is 1. The molecule has 0 aromatic carbocycles. The molecule has 0 bridgehead atoms. The second kappa shape index (κ2) is 4.59. The van der Waals surface area contributed by atoms with Crippen LogP contribution in [0.3, 0.4) is 0 Å². The summed E-state index contributed by atoms with van der Waals surface area (Å²) in [5, 5.41) is 27.1. The van der Waals surface area contributed by atoms with Gasteiger partial charge in [-0.15, -0.1) is 0 Å². The van der Waals surface area contributed by atoms with Crippen LogP contribution in [0.4, 0.5) is 0 Å². The molecular weight excluding hydrogens is 136 g/mol. The third-order valence-electron chi connectivity index (χ3n) is 1.13. The lowest BCUT2D eigenvalue weighted by Crippen LogP contribution is -2.48. The second-order valence-corrected chi connectivity index (χ2v) is 2.12. The average Bonchev–Trinajstić information content (AvgIpc) is 1.87. The molecule has 0 aromatic rings. The Morgan fingerprint density at radius 3 is 2.30 bits per heavy atom. The van der Waals surface area contributed by atoms with E-state index in [9.17, 15) is 0 Å². The van der Waals surface area contributed by atoms with Gasteiger partial charge in [0.05, 0.1) is 12.7 Å². The number of aliphatic hydroxyl groups is 3. The van der Waals surface area contributed by atoms with Gasteiger partial charge in [-0.3, -0.25) is 5.84 Å². The van der Waals surface area contributed by atoms with Crippen molar-refractivity contribution in [2.75, 3.05) is 13.2 Å². The zero-order chi connectivity index (χ0) is 8.15. The fourth-order valence-electron chi connectivity index (χ4n) is 0.525. The summed E-state index contributed by atoms with van der Waals surface area (Å²) in [6, 6.07) is 0. The molecule has 5 N–H and O–H groups in total. The summed E-state index contributed by atoms with van der Waals surface area (Å²) < 4.78 is 0. The van der Waals surface area contributed by atoms with Crippen molar-refractivity contribution in [1.29, 1.82) is 0 Å². The number of rotatable bonds is 4. The van der Waals surface area contributed by atoms with E-state index < -0.39 is 12.3 Å². The van der Waals surface area contributed by atoms with Crippen molar-refractivity contribution in [1.82, 2.24) is 5.01 Å². The topological polar surface area (TPSA) is 90.0 Å². The molecule has 2 atom stereocenters. The maximum absolute atomic E-state index is 8.97. The molecule has 0 amide bonds. The SMILES string of the molecule is CC(O)C(O)N(N)CCO. The monoisotopic (exact) mass is 150 g/mol. The molecule has 0 fully saturated rings. The van der Waals surface area contributed by atoms with Crippen LogP contribution in [0.1, 0.15) is 6.92 Å². The average molecular weight is 150 g/mol. The highest BCUT2D eigenvalue weighted by molar-refractivity contribution is 4.59. The smallest absolute Gasteiger partial charge is 0.145 e. The van der Waals surface area contributed by atoms with E-state index in [1.54, 1.807) is 0 Å². The van der Waals surface area contributed by atoms with E-state index in [2.05, 4.69) is 0 Å². The molecule has 2 unspecified atom stereocenters. The van der Waals surface area contributed by atoms with Crippen molar-refractivity contribution >= 4 is 0 Å². The number of aliphatic hydroxyl groups excluding tert-OH is 3. The van der Waals surface area contributed by atoms with Crippen molar-refractivity contribution < 1.29 is 15.3 Å². The van der Waals surface area contributed by atoms with E-state index in [1.165, 1.54) is 6.92 Å². The van der Waals surface area contributed by atoms with Crippen molar-refractivity contribution in [3.05, 3.63) is 0 Å². The Kier molecular flexibility index (Phi) is 4.50. The highest BCUT2D eigenvalue weighted by Crippen LogP contribution is 1.93. The van der Waals surface area contributed by atoms with Crippen molar-refractivity contribution in [3.8, 4) is 0 Å². The first-order chi connectivity index (χ1) is 4.59. The van der Waals surface area contributed by atoms with Gasteiger partial charge in [-0.1, -0.05) is 0 Å². The van der Waals surface area contributed by atoms with E-state index in [0.29, 0.717) is 0 Å². The first-order valence-corrected chi connectivity index (χ1v) is 3.08. The summed E-state index contributed by atoms with van der Waals surface area (Å²) in [5.74, 6) is 5.19. The molecule has 5 nitrogen and oxygen atoms in total. The predicted molar refractivity (Wildman–Crippen MR) is 35.7 cm³/mol. The minimum atomic E-state index is -1.10. The van der Waals surface area contributed by atoms with Gasteiger partial charge >= 0.3 is 0 Å². The molecule has 0 aliphatic heterocycles. The third kappa shape index (κ3) is 3.09. The largest absolute Gasteiger partial charge is 0.395 e. The first-order valence-electron chi connectivity index (χ1n) is 3.08. The Bertz CT molecular complexity index is 89.0. The number of hydrogen-bond donors (Lipinski definition) is 4. The van der Waals surface area contributed by atoms with Crippen LogP contribution in [0.2, 0.25) is 0 Å². The van der Waals surface area contributed by atoms with Crippen LogP contribution in [-0.4, -0.2) is 45.8 Å². The lowest BCUT2D eigenvalue weighted by molar-refractivity contribution is -0.0808. The lowest BCUT2D eigenvalue weighted by atomic mass is 10.3. The van der Waals surface area contributed by atoms with E-state index in [-0.39, 0.29) is 13.2 Å². The molecule has 5 heteroatoms. The Morgan fingerprint density at radius 1 is 1.50 bits per heavy atom. The Hall–Kier alpha value is -0.200. The van der Waals surface area contributed by atoms with Crippen LogP contribution < -0.4 is 5.84 Å². The molecule has 10 heavy (non-hydrogen) atoms. The summed E-state index contributed by atoms with van der Waals surface area (Å²) in [6.07, 6.45) is -2.01. The van der Waals surface area contributed by atoms with Crippen molar-refractivity contribution in [3.63, 3.8) is 0 Å². The summed E-state index contributed by atoms with van der Waals surface area (Å²) in [4.78, 5) is 0. The molecular formula is C5H14N2O3. The van der Waals surface area contributed by atoms with Crippen LogP contribution in [0.25, 0.3) is 0 Å². The summed E-state index contributed by atoms with van der Waals surface area (Å²) >= 11 is 0. The lowest BCUT2D eigenvalue weighted by Gasteiger charge is -2.23. The fourth-order valence-corrected chi connectivity index (χ4v) is 0.525. The number of nitrogens with two attached hydrogens (primary N) is 1. The molecule has 0 saturated heterocycles. The van der Waals surface area contributed by atoms with Crippen LogP contribution in [-0.2, 0) is 0 Å². The summed E-state index contributed by atoms with van der Waals surface area (Å²) in [5.41, 5.74) is 0. The molecule has 0 aromatic heterocycles. The maximum atomic E-state index is 8.97. The molecule has 0 aliphatic rings. The zero-order valence-corrected chi connectivity index (χ0v) is 5.94. The first kappa shape index (κ1) is 9.80. The van der Waals surface area contributed by atoms with Gasteiger partial charge in [0.2, 0.25) is 0 Å². The maximum Gasteiger partial charge on any atom is 0.145 e. The number of hydrogen-bond acceptors (Lipinski definition) is 5. The number of hydrazine groups is 1. The Balaban J connectivity index is 3.58. The van der Waals surface area contributed by atoms with Gasteiger partial charge < -0.3 is 15.3 Å². The van der Waals surface area contributed by atoms with E-state index in [0.717, 1.165) is 5.01 Å². The molecule has 0 radical (unpaired) electrons. The molecule has 0 aliphatic carbocycles. The molecule has 0 heterocycles. The van der Waals surface area contributed by atoms with Crippen LogP contribution in [0.15, 0.2) is 0 Å². The van der Waals surface area contributed by atoms with E-state index >= 15 is 0 Å². The van der Waals surface area contributed by atoms with Gasteiger partial charge in [0.15, 0.2) is 0 Å². The summed E-state index contributed by atoms with van der Waals surface area (Å²) in [6.45, 7) is 1.42. The normalized spacial score (nSPS) is 17.4. The van der Waals surface area contributed by atoms with E-state index in [1.807, 2.05) is 0 Å². The van der Waals surface area contributed by atoms with Gasteiger partial charge in [0, 0.05) is 6.54 Å². The van der Waals surface area contributed by atoms with Crippen LogP contribution >= 0.6 is 0 Å². The molecule has 0 saturated carbocycles. The van der Waals surface area contributed by atoms with Crippen molar-refractivity contribution in [2.24, 2.45) is 5.84 Å². The zero-order valence-electron chi connectivity index (χ0n) is 5.94. The van der Waals surface area contributed by atoms with Gasteiger partial charge in [-0.05, 0) is 6.92 Å². The fraction of sp³-hybridized carbons (Fsp3) is 1.00. The molecule has 0 spiro atoms. The van der Waals surface area contributed by atoms with Gasteiger partial charge in [0.1, 0.15) is 6.23 Å². The predicted octanol–water partition coefficient (Wildman–Crippen LogP) is -2.15. The van der Waals surface area contributed by atoms with E-state index in [4.69, 9.17) is 21.2 Å². The highest BCUT2D eigenvalue weighted by atomic mass is 16.3. The standard InChI is InChI=1S/C5H14N2O3/c1-4(9)5(10)7(6)2-3-8/h4-5,8-10H,2-3,6H2,1H3. The highest BCUT2D eigenvalue weighted by Gasteiger charge is 2.15.